The number of nitrogens with zero attached hydrogens (tertiary/aromatic N) is 2. The average Bonchev–Trinajstić information content (AvgIpc) is 2.44. The van der Waals surface area contributed by atoms with E-state index in [9.17, 15) is 9.90 Å². The van der Waals surface area contributed by atoms with Crippen molar-refractivity contribution >= 4 is 11.6 Å². The molecule has 1 saturated carbocycles. The first-order chi connectivity index (χ1) is 10.1. The van der Waals surface area contributed by atoms with Crippen LogP contribution in [0, 0.1) is 17.2 Å². The predicted octanol–water partition coefficient (Wildman–Crippen LogP) is 1.59. The summed E-state index contributed by atoms with van der Waals surface area (Å²) in [5.41, 5.74) is 1.29. The van der Waals surface area contributed by atoms with Gasteiger partial charge in [-0.1, -0.05) is 0 Å². The number of aliphatic hydroxyl groups is 1. The van der Waals surface area contributed by atoms with E-state index in [1.54, 1.807) is 24.3 Å². The smallest absolute Gasteiger partial charge is 0.225 e. The Morgan fingerprint density at radius 1 is 1.43 bits per heavy atom. The van der Waals surface area contributed by atoms with Crippen molar-refractivity contribution in [2.24, 2.45) is 5.92 Å². The number of carbonyl (C=O) groups excluding carboxylic acids is 1. The Hall–Kier alpha value is -1.90. The molecule has 0 atom stereocenters. The van der Waals surface area contributed by atoms with Crippen molar-refractivity contribution in [3.63, 3.8) is 0 Å². The van der Waals surface area contributed by atoms with Crippen LogP contribution in [-0.2, 0) is 4.79 Å². The average molecular weight is 287 g/mol. The van der Waals surface area contributed by atoms with Gasteiger partial charge in [-0.05, 0) is 50.1 Å². The van der Waals surface area contributed by atoms with Crippen LogP contribution in [0.1, 0.15) is 24.8 Å². The second-order valence-electron chi connectivity index (χ2n) is 5.74. The van der Waals surface area contributed by atoms with Crippen molar-refractivity contribution in [2.75, 3.05) is 25.5 Å². The maximum atomic E-state index is 11.8. The van der Waals surface area contributed by atoms with Gasteiger partial charge in [0, 0.05) is 25.2 Å². The Bertz CT molecular complexity index is 515. The molecule has 2 N–H and O–H groups in total. The highest BCUT2D eigenvalue weighted by molar-refractivity contribution is 5.90. The van der Waals surface area contributed by atoms with Gasteiger partial charge in [-0.2, -0.15) is 5.26 Å². The fraction of sp³-hybridized carbons (Fsp3) is 0.500. The highest BCUT2D eigenvalue weighted by Gasteiger charge is 2.27. The lowest BCUT2D eigenvalue weighted by atomic mass is 9.82. The molecular formula is C16H21N3O2. The summed E-state index contributed by atoms with van der Waals surface area (Å²) in [6.45, 7) is 1.63. The monoisotopic (exact) mass is 287 g/mol. The Labute approximate surface area is 125 Å². The molecule has 1 aromatic carbocycles. The molecule has 2 rings (SSSR count). The summed E-state index contributed by atoms with van der Waals surface area (Å²) in [7, 11) is 2.00. The lowest BCUT2D eigenvalue weighted by Crippen LogP contribution is -2.38. The minimum Gasteiger partial charge on any atom is -0.393 e. The Balaban J connectivity index is 1.68. The quantitative estimate of drug-likeness (QED) is 0.833. The number of hydrogen-bond acceptors (Lipinski definition) is 4. The summed E-state index contributed by atoms with van der Waals surface area (Å²) in [5.74, 6) is 0.534. The maximum Gasteiger partial charge on any atom is 0.225 e. The molecule has 0 radical (unpaired) electrons. The standard InChI is InChI=1S/C16H21N3O2/c1-19(11-13-8-15(20)9-13)7-6-16(21)18-14-4-2-12(10-17)3-5-14/h2-5,13,15,20H,6-9,11H2,1H3,(H,18,21). The van der Waals surface area contributed by atoms with Gasteiger partial charge in [0.05, 0.1) is 17.7 Å². The third-order valence-electron chi connectivity index (χ3n) is 3.80. The van der Waals surface area contributed by atoms with Gasteiger partial charge in [0.15, 0.2) is 0 Å². The molecule has 0 aromatic heterocycles. The minimum atomic E-state index is -0.122. The van der Waals surface area contributed by atoms with Gasteiger partial charge in [-0.15, -0.1) is 0 Å². The normalized spacial score (nSPS) is 20.7. The van der Waals surface area contributed by atoms with E-state index in [-0.39, 0.29) is 12.0 Å². The zero-order valence-corrected chi connectivity index (χ0v) is 12.2. The molecule has 5 heteroatoms. The van der Waals surface area contributed by atoms with E-state index in [2.05, 4.69) is 10.2 Å². The van der Waals surface area contributed by atoms with E-state index >= 15 is 0 Å². The number of aliphatic hydroxyl groups excluding tert-OH is 1. The summed E-state index contributed by atoms with van der Waals surface area (Å²) in [4.78, 5) is 14.0. The SMILES string of the molecule is CN(CCC(=O)Nc1ccc(C#N)cc1)CC1CC(O)C1. The lowest BCUT2D eigenvalue weighted by molar-refractivity contribution is -0.116. The first-order valence-corrected chi connectivity index (χ1v) is 7.23. The minimum absolute atomic E-state index is 0.0276. The number of benzene rings is 1. The number of carbonyl (C=O) groups is 1. The molecule has 1 aliphatic rings. The molecule has 0 heterocycles. The Morgan fingerprint density at radius 3 is 2.67 bits per heavy atom. The van der Waals surface area contributed by atoms with Crippen LogP contribution in [0.2, 0.25) is 0 Å². The van der Waals surface area contributed by atoms with Crippen molar-refractivity contribution in [3.8, 4) is 6.07 Å². The van der Waals surface area contributed by atoms with Crippen LogP contribution in [0.15, 0.2) is 24.3 Å². The largest absolute Gasteiger partial charge is 0.393 e. The second-order valence-corrected chi connectivity index (χ2v) is 5.74. The number of rotatable bonds is 6. The van der Waals surface area contributed by atoms with Crippen LogP contribution < -0.4 is 5.32 Å². The van der Waals surface area contributed by atoms with Gasteiger partial charge >= 0.3 is 0 Å². The highest BCUT2D eigenvalue weighted by Crippen LogP contribution is 2.27. The number of nitrogens with one attached hydrogen (secondary N) is 1. The van der Waals surface area contributed by atoms with E-state index in [4.69, 9.17) is 5.26 Å². The molecule has 1 aliphatic carbocycles. The van der Waals surface area contributed by atoms with Crippen molar-refractivity contribution in [3.05, 3.63) is 29.8 Å². The van der Waals surface area contributed by atoms with Crippen LogP contribution in [-0.4, -0.2) is 42.2 Å². The van der Waals surface area contributed by atoms with E-state index in [1.807, 2.05) is 13.1 Å². The van der Waals surface area contributed by atoms with Crippen LogP contribution in [0.25, 0.3) is 0 Å². The summed E-state index contributed by atoms with van der Waals surface area (Å²) < 4.78 is 0. The Morgan fingerprint density at radius 2 is 2.10 bits per heavy atom. The molecule has 0 unspecified atom stereocenters. The first-order valence-electron chi connectivity index (χ1n) is 7.23. The van der Waals surface area contributed by atoms with Gasteiger partial charge in [0.25, 0.3) is 0 Å². The Kier molecular flexibility index (Phi) is 5.32. The van der Waals surface area contributed by atoms with Crippen LogP contribution in [0.4, 0.5) is 5.69 Å². The summed E-state index contributed by atoms with van der Waals surface area (Å²) in [6, 6.07) is 8.88. The summed E-state index contributed by atoms with van der Waals surface area (Å²) in [6.07, 6.45) is 2.07. The molecule has 1 amide bonds. The molecule has 112 valence electrons. The van der Waals surface area contributed by atoms with Gasteiger partial charge < -0.3 is 15.3 Å². The fourth-order valence-electron chi connectivity index (χ4n) is 2.53. The van der Waals surface area contributed by atoms with Crippen LogP contribution in [0.3, 0.4) is 0 Å². The molecule has 1 aromatic rings. The van der Waals surface area contributed by atoms with Crippen molar-refractivity contribution in [2.45, 2.75) is 25.4 Å². The molecule has 1 fully saturated rings. The summed E-state index contributed by atoms with van der Waals surface area (Å²) >= 11 is 0. The van der Waals surface area contributed by atoms with Crippen molar-refractivity contribution < 1.29 is 9.90 Å². The first kappa shape index (κ1) is 15.5. The van der Waals surface area contributed by atoms with Gasteiger partial charge in [0.1, 0.15) is 0 Å². The van der Waals surface area contributed by atoms with E-state index < -0.39 is 0 Å². The van der Waals surface area contributed by atoms with Crippen LogP contribution >= 0.6 is 0 Å². The van der Waals surface area contributed by atoms with E-state index in [0.717, 1.165) is 19.4 Å². The predicted molar refractivity (Wildman–Crippen MR) is 80.6 cm³/mol. The molecular weight excluding hydrogens is 266 g/mol. The van der Waals surface area contributed by atoms with Crippen molar-refractivity contribution in [1.29, 1.82) is 5.26 Å². The zero-order chi connectivity index (χ0) is 15.2. The molecule has 21 heavy (non-hydrogen) atoms. The van der Waals surface area contributed by atoms with E-state index in [0.29, 0.717) is 30.1 Å². The maximum absolute atomic E-state index is 11.8. The van der Waals surface area contributed by atoms with Gasteiger partial charge in [-0.25, -0.2) is 0 Å². The molecule has 0 aliphatic heterocycles. The number of nitriles is 1. The summed E-state index contributed by atoms with van der Waals surface area (Å²) in [5, 5.41) is 20.8. The van der Waals surface area contributed by atoms with Crippen LogP contribution in [0.5, 0.6) is 0 Å². The second kappa shape index (κ2) is 7.21. The van der Waals surface area contributed by atoms with E-state index in [1.165, 1.54) is 0 Å². The third kappa shape index (κ3) is 4.85. The van der Waals surface area contributed by atoms with Gasteiger partial charge in [-0.3, -0.25) is 4.79 Å². The lowest BCUT2D eigenvalue weighted by Gasteiger charge is -2.34. The van der Waals surface area contributed by atoms with Gasteiger partial charge in [0.2, 0.25) is 5.91 Å². The zero-order valence-electron chi connectivity index (χ0n) is 12.2. The number of hydrogen-bond donors (Lipinski definition) is 2. The van der Waals surface area contributed by atoms with Crippen molar-refractivity contribution in [1.82, 2.24) is 4.90 Å². The fourth-order valence-corrected chi connectivity index (χ4v) is 2.53. The third-order valence-corrected chi connectivity index (χ3v) is 3.80. The molecule has 0 saturated heterocycles. The topological polar surface area (TPSA) is 76.4 Å². The number of amides is 1. The highest BCUT2D eigenvalue weighted by atomic mass is 16.3. The molecule has 0 spiro atoms. The molecule has 5 nitrogen and oxygen atoms in total. The molecule has 0 bridgehead atoms. The number of anilines is 1.